The van der Waals surface area contributed by atoms with E-state index in [9.17, 15) is 13.8 Å². The van der Waals surface area contributed by atoms with Crippen LogP contribution in [0.4, 0.5) is 0 Å². The predicted octanol–water partition coefficient (Wildman–Crippen LogP) is 1.02. The molecular weight excluding hydrogens is 294 g/mol. The van der Waals surface area contributed by atoms with Crippen LogP contribution in [0, 0.1) is 0 Å². The van der Waals surface area contributed by atoms with Crippen molar-refractivity contribution in [3.05, 3.63) is 59.4 Å². The summed E-state index contributed by atoms with van der Waals surface area (Å²) in [6.45, 7) is 0. The largest absolute Gasteiger partial charge is 0.478 e. The highest BCUT2D eigenvalue weighted by Gasteiger charge is 2.23. The monoisotopic (exact) mass is 305 g/mol. The minimum absolute atomic E-state index is 0.0858. The summed E-state index contributed by atoms with van der Waals surface area (Å²) < 4.78 is 11.4. The molecule has 1 aliphatic rings. The fourth-order valence-electron chi connectivity index (χ4n) is 1.87. The maximum atomic E-state index is 11.4. The third-order valence-electron chi connectivity index (χ3n) is 2.85. The van der Waals surface area contributed by atoms with Gasteiger partial charge in [-0.3, -0.25) is 0 Å². The lowest BCUT2D eigenvalue weighted by molar-refractivity contribution is -0.133. The molecule has 0 radical (unpaired) electrons. The molecular formula is C14H11NO5S. The minimum atomic E-state index is -1.21. The molecule has 0 atom stereocenters. The van der Waals surface area contributed by atoms with Crippen molar-refractivity contribution < 1.29 is 24.0 Å². The first-order valence-electron chi connectivity index (χ1n) is 5.91. The van der Waals surface area contributed by atoms with E-state index < -0.39 is 11.9 Å². The second-order valence-electron chi connectivity index (χ2n) is 4.26. The van der Waals surface area contributed by atoms with Crippen LogP contribution >= 0.6 is 0 Å². The van der Waals surface area contributed by atoms with E-state index in [1.165, 1.54) is 17.3 Å². The van der Waals surface area contributed by atoms with Gasteiger partial charge in [0.2, 0.25) is 0 Å². The van der Waals surface area contributed by atoms with Crippen molar-refractivity contribution in [3.63, 3.8) is 0 Å². The Kier molecular flexibility index (Phi) is 4.34. The van der Waals surface area contributed by atoms with Crippen LogP contribution in [0.3, 0.4) is 0 Å². The van der Waals surface area contributed by atoms with Crippen molar-refractivity contribution in [1.29, 1.82) is 0 Å². The van der Waals surface area contributed by atoms with E-state index in [0.717, 1.165) is 0 Å². The van der Waals surface area contributed by atoms with Gasteiger partial charge in [-0.15, -0.1) is 0 Å². The van der Waals surface area contributed by atoms with Crippen LogP contribution < -0.4 is 0 Å². The van der Waals surface area contributed by atoms with Crippen molar-refractivity contribution in [2.24, 2.45) is 0 Å². The molecule has 21 heavy (non-hydrogen) atoms. The van der Waals surface area contributed by atoms with Gasteiger partial charge in [-0.1, -0.05) is 30.3 Å². The first-order valence-corrected chi connectivity index (χ1v) is 6.65. The highest BCUT2D eigenvalue weighted by molar-refractivity contribution is 7.66. The molecule has 0 spiro atoms. The predicted molar refractivity (Wildman–Crippen MR) is 76.6 cm³/mol. The van der Waals surface area contributed by atoms with E-state index >= 15 is 0 Å². The molecule has 0 saturated carbocycles. The van der Waals surface area contributed by atoms with Gasteiger partial charge in [0.15, 0.2) is 0 Å². The fourth-order valence-corrected chi connectivity index (χ4v) is 2.29. The molecule has 2 rings (SSSR count). The number of hydrogen-bond acceptors (Lipinski definition) is 3. The topological polar surface area (TPSA) is 94.9 Å². The SMILES string of the molecule is O=S=C(c1ccccc1)N1C=C(C(=O)O)CC(C(=O)O)=C1. The molecule has 0 aliphatic carbocycles. The second kappa shape index (κ2) is 6.19. The number of hydrogen-bond donors (Lipinski definition) is 2. The van der Waals surface area contributed by atoms with Crippen molar-refractivity contribution in [2.45, 2.75) is 6.42 Å². The number of carboxylic acids is 2. The summed E-state index contributed by atoms with van der Waals surface area (Å²) in [5.74, 6) is -2.43. The van der Waals surface area contributed by atoms with Gasteiger partial charge in [-0.25, -0.2) is 13.8 Å². The highest BCUT2D eigenvalue weighted by Crippen LogP contribution is 2.21. The van der Waals surface area contributed by atoms with Crippen molar-refractivity contribution in [3.8, 4) is 0 Å². The van der Waals surface area contributed by atoms with Gasteiger partial charge < -0.3 is 15.1 Å². The molecule has 1 aromatic carbocycles. The van der Waals surface area contributed by atoms with E-state index in [2.05, 4.69) is 0 Å². The summed E-state index contributed by atoms with van der Waals surface area (Å²) in [6, 6.07) is 8.64. The summed E-state index contributed by atoms with van der Waals surface area (Å²) in [4.78, 5) is 23.7. The molecule has 7 heteroatoms. The van der Waals surface area contributed by atoms with E-state index in [1.807, 2.05) is 0 Å². The smallest absolute Gasteiger partial charge is 0.333 e. The Hall–Kier alpha value is -2.67. The average molecular weight is 305 g/mol. The van der Waals surface area contributed by atoms with Crippen LogP contribution in [0.25, 0.3) is 0 Å². The van der Waals surface area contributed by atoms with E-state index in [-0.39, 0.29) is 33.8 Å². The van der Waals surface area contributed by atoms with Crippen LogP contribution in [-0.2, 0) is 20.8 Å². The van der Waals surface area contributed by atoms with Crippen LogP contribution in [-0.4, -0.2) is 36.2 Å². The molecule has 108 valence electrons. The maximum absolute atomic E-state index is 11.4. The Morgan fingerprint density at radius 3 is 1.95 bits per heavy atom. The number of benzene rings is 1. The Labute approximate surface area is 123 Å². The number of carbonyl (C=O) groups is 2. The molecule has 1 aromatic rings. The molecule has 0 aromatic heterocycles. The molecule has 0 unspecified atom stereocenters. The lowest BCUT2D eigenvalue weighted by Crippen LogP contribution is -2.27. The first kappa shape index (κ1) is 14.7. The van der Waals surface area contributed by atoms with E-state index in [4.69, 9.17) is 10.2 Å². The second-order valence-corrected chi connectivity index (χ2v) is 4.81. The summed E-state index contributed by atoms with van der Waals surface area (Å²) in [5.41, 5.74) is 0.413. The number of nitrogens with zero attached hydrogens (tertiary/aromatic N) is 1. The van der Waals surface area contributed by atoms with Crippen LogP contribution in [0.2, 0.25) is 0 Å². The zero-order valence-electron chi connectivity index (χ0n) is 10.7. The third-order valence-corrected chi connectivity index (χ3v) is 3.46. The summed E-state index contributed by atoms with van der Waals surface area (Å²) in [6.07, 6.45) is 2.34. The molecule has 0 amide bonds. The lowest BCUT2D eigenvalue weighted by Gasteiger charge is -2.22. The Morgan fingerprint density at radius 2 is 1.52 bits per heavy atom. The first-order chi connectivity index (χ1) is 10.0. The Bertz CT molecular complexity index is 671. The zero-order chi connectivity index (χ0) is 15.4. The van der Waals surface area contributed by atoms with E-state index in [1.54, 1.807) is 30.3 Å². The molecule has 0 bridgehead atoms. The third kappa shape index (κ3) is 3.26. The fraction of sp³-hybridized carbons (Fsp3) is 0.0714. The van der Waals surface area contributed by atoms with Crippen molar-refractivity contribution >= 4 is 28.2 Å². The lowest BCUT2D eigenvalue weighted by atomic mass is 10.0. The molecule has 2 N–H and O–H groups in total. The quantitative estimate of drug-likeness (QED) is 0.810. The Balaban J connectivity index is 2.48. The number of rotatable bonds is 3. The maximum Gasteiger partial charge on any atom is 0.333 e. The van der Waals surface area contributed by atoms with Gasteiger partial charge in [0.25, 0.3) is 0 Å². The molecule has 6 nitrogen and oxygen atoms in total. The van der Waals surface area contributed by atoms with Crippen molar-refractivity contribution in [2.75, 3.05) is 0 Å². The standard InChI is InChI=1S/C14H11NO5S/c16-13(17)10-6-11(14(18)19)8-15(7-10)12(21-20)9-4-2-1-3-5-9/h1-5,7-8H,6H2,(H,16,17)(H,18,19). The number of aliphatic carboxylic acids is 2. The highest BCUT2D eigenvalue weighted by atomic mass is 32.1. The summed E-state index contributed by atoms with van der Waals surface area (Å²) in [7, 11) is 0. The van der Waals surface area contributed by atoms with Gasteiger partial charge >= 0.3 is 11.9 Å². The van der Waals surface area contributed by atoms with Crippen LogP contribution in [0.5, 0.6) is 0 Å². The molecule has 1 aliphatic heterocycles. The Morgan fingerprint density at radius 1 is 1.00 bits per heavy atom. The van der Waals surface area contributed by atoms with Gasteiger partial charge in [-0.05, 0) is 0 Å². The normalized spacial score (nSPS) is 14.0. The van der Waals surface area contributed by atoms with Gasteiger partial charge in [0.1, 0.15) is 16.2 Å². The van der Waals surface area contributed by atoms with Crippen LogP contribution in [0.1, 0.15) is 12.0 Å². The number of carboxylic acid groups (broad SMARTS) is 2. The molecule has 1 heterocycles. The molecule has 0 fully saturated rings. The van der Waals surface area contributed by atoms with Gasteiger partial charge in [-0.2, -0.15) is 0 Å². The zero-order valence-corrected chi connectivity index (χ0v) is 11.5. The van der Waals surface area contributed by atoms with Crippen molar-refractivity contribution in [1.82, 2.24) is 4.90 Å². The van der Waals surface area contributed by atoms with E-state index in [0.29, 0.717) is 5.56 Å². The average Bonchev–Trinajstić information content (AvgIpc) is 2.48. The van der Waals surface area contributed by atoms with Crippen LogP contribution in [0.15, 0.2) is 53.9 Å². The van der Waals surface area contributed by atoms with Gasteiger partial charge in [0.05, 0.1) is 11.1 Å². The van der Waals surface area contributed by atoms with Gasteiger partial charge in [0, 0.05) is 24.4 Å². The summed E-state index contributed by atoms with van der Waals surface area (Å²) in [5, 5.41) is 18.1. The summed E-state index contributed by atoms with van der Waals surface area (Å²) >= 11 is 0.175. The minimum Gasteiger partial charge on any atom is -0.478 e. The molecule has 0 saturated heterocycles.